The van der Waals surface area contributed by atoms with Crippen molar-refractivity contribution in [2.24, 2.45) is 12.8 Å². The molecule has 0 unspecified atom stereocenters. The molecule has 0 aliphatic carbocycles. The summed E-state index contributed by atoms with van der Waals surface area (Å²) >= 11 is 0. The lowest BCUT2D eigenvalue weighted by molar-refractivity contribution is -0.143. The van der Waals surface area contributed by atoms with Crippen molar-refractivity contribution in [1.29, 1.82) is 5.41 Å². The van der Waals surface area contributed by atoms with E-state index < -0.39 is 0 Å². The van der Waals surface area contributed by atoms with Crippen molar-refractivity contribution in [3.63, 3.8) is 0 Å². The van der Waals surface area contributed by atoms with Gasteiger partial charge in [-0.15, -0.1) is 0 Å². The van der Waals surface area contributed by atoms with E-state index in [4.69, 9.17) is 25.8 Å². The number of carbonyl (C=O) groups excluding carboxylic acids is 1. The minimum absolute atomic E-state index is 0.0554. The van der Waals surface area contributed by atoms with Crippen molar-refractivity contribution >= 4 is 28.5 Å². The first-order chi connectivity index (χ1) is 17.3. The van der Waals surface area contributed by atoms with E-state index in [1.807, 2.05) is 45.2 Å². The van der Waals surface area contributed by atoms with Gasteiger partial charge in [0, 0.05) is 37.0 Å². The Morgan fingerprint density at radius 2 is 1.86 bits per heavy atom. The molecular weight excluding hydrogens is 454 g/mol. The summed E-state index contributed by atoms with van der Waals surface area (Å²) in [7, 11) is 2.02. The molecule has 0 bridgehead atoms. The van der Waals surface area contributed by atoms with Crippen molar-refractivity contribution in [3.8, 4) is 0 Å². The van der Waals surface area contributed by atoms with Gasteiger partial charge in [-0.05, 0) is 62.7 Å². The van der Waals surface area contributed by atoms with Crippen molar-refractivity contribution in [3.05, 3.63) is 76.6 Å². The Balaban J connectivity index is 1.50. The first-order valence-electron chi connectivity index (χ1n) is 12.1. The average Bonchev–Trinajstić information content (AvgIpc) is 3.32. The lowest BCUT2D eigenvalue weighted by atomic mass is 10.2. The van der Waals surface area contributed by atoms with Crippen LogP contribution in [0.3, 0.4) is 0 Å². The van der Waals surface area contributed by atoms with Gasteiger partial charge in [-0.1, -0.05) is 6.07 Å². The minimum atomic E-state index is -0.201. The molecule has 0 saturated heterocycles. The van der Waals surface area contributed by atoms with Crippen LogP contribution in [0.25, 0.3) is 11.0 Å². The zero-order chi connectivity index (χ0) is 25.8. The number of aromatic nitrogens is 4. The first kappa shape index (κ1) is 25.0. The molecule has 0 radical (unpaired) electrons. The smallest absolute Gasteiger partial charge is 0.306 e. The molecule has 36 heavy (non-hydrogen) atoms. The molecule has 0 fully saturated rings. The van der Waals surface area contributed by atoms with E-state index in [1.165, 1.54) is 0 Å². The highest BCUT2D eigenvalue weighted by Crippen LogP contribution is 2.21. The zero-order valence-corrected chi connectivity index (χ0v) is 21.3. The number of nitrogens with two attached hydrogens (primary N) is 1. The maximum atomic E-state index is 11.9. The number of benzene rings is 2. The number of nitrogens with zero attached hydrogens (tertiary/aromatic N) is 4. The number of hydrogen-bond donors (Lipinski definition) is 3. The number of fused-ring (bicyclic) bond motifs is 1. The average molecular weight is 488 g/mol. The predicted molar refractivity (Wildman–Crippen MR) is 141 cm³/mol. The van der Waals surface area contributed by atoms with Gasteiger partial charge in [-0.25, -0.2) is 9.97 Å². The third kappa shape index (κ3) is 5.40. The first-order valence-corrected chi connectivity index (χ1v) is 12.1. The quantitative estimate of drug-likeness (QED) is 0.177. The molecule has 2 heterocycles. The number of aryl methyl sites for hydroxylation is 3. The Kier molecular flexibility index (Phi) is 7.38. The molecule has 0 amide bonds. The van der Waals surface area contributed by atoms with Gasteiger partial charge in [-0.2, -0.15) is 0 Å². The van der Waals surface area contributed by atoms with E-state index in [9.17, 15) is 4.79 Å². The Morgan fingerprint density at radius 3 is 2.56 bits per heavy atom. The normalized spacial score (nSPS) is 11.1. The summed E-state index contributed by atoms with van der Waals surface area (Å²) in [6, 6.07) is 13.8. The molecule has 188 valence electrons. The van der Waals surface area contributed by atoms with Gasteiger partial charge >= 0.3 is 5.97 Å². The third-order valence-corrected chi connectivity index (χ3v) is 6.42. The maximum Gasteiger partial charge on any atom is 0.306 e. The van der Waals surface area contributed by atoms with Gasteiger partial charge in [0.25, 0.3) is 0 Å². The number of esters is 1. The van der Waals surface area contributed by atoms with Gasteiger partial charge in [0.2, 0.25) is 0 Å². The molecule has 2 aromatic carbocycles. The van der Waals surface area contributed by atoms with Crippen molar-refractivity contribution in [2.45, 2.75) is 46.7 Å². The lowest BCUT2D eigenvalue weighted by Gasteiger charge is -2.11. The summed E-state index contributed by atoms with van der Waals surface area (Å²) in [6.07, 6.45) is 0.861. The zero-order valence-electron chi connectivity index (χ0n) is 21.3. The molecule has 2 aromatic heterocycles. The van der Waals surface area contributed by atoms with Gasteiger partial charge in [0.15, 0.2) is 0 Å². The Labute approximate surface area is 210 Å². The number of anilines is 1. The molecule has 9 heteroatoms. The number of nitrogen functional groups attached to an aromatic ring is 1. The molecular formula is C27H33N7O2. The molecule has 4 aromatic rings. The second-order valence-electron chi connectivity index (χ2n) is 8.84. The van der Waals surface area contributed by atoms with Crippen LogP contribution in [0.4, 0.5) is 5.69 Å². The highest BCUT2D eigenvalue weighted by molar-refractivity contribution is 5.95. The third-order valence-electron chi connectivity index (χ3n) is 6.42. The van der Waals surface area contributed by atoms with Crippen LogP contribution in [0.5, 0.6) is 0 Å². The van der Waals surface area contributed by atoms with E-state index in [1.54, 1.807) is 0 Å². The van der Waals surface area contributed by atoms with E-state index in [-0.39, 0.29) is 11.8 Å². The van der Waals surface area contributed by atoms with Crippen LogP contribution >= 0.6 is 0 Å². The number of carbonyl (C=O) groups is 1. The van der Waals surface area contributed by atoms with Gasteiger partial charge < -0.3 is 24.9 Å². The van der Waals surface area contributed by atoms with Gasteiger partial charge in [-0.3, -0.25) is 10.2 Å². The lowest BCUT2D eigenvalue weighted by Crippen LogP contribution is -2.11. The fourth-order valence-corrected chi connectivity index (χ4v) is 4.25. The van der Waals surface area contributed by atoms with Gasteiger partial charge in [0.1, 0.15) is 17.5 Å². The van der Waals surface area contributed by atoms with Crippen LogP contribution in [0.15, 0.2) is 42.5 Å². The number of imidazole rings is 2. The Hall–Kier alpha value is -4.14. The van der Waals surface area contributed by atoms with Crippen molar-refractivity contribution in [1.82, 2.24) is 19.1 Å². The summed E-state index contributed by atoms with van der Waals surface area (Å²) in [4.78, 5) is 21.4. The monoisotopic (exact) mass is 487 g/mol. The second kappa shape index (κ2) is 10.6. The predicted octanol–water partition coefficient (Wildman–Crippen LogP) is 3.83. The molecule has 0 atom stereocenters. The summed E-state index contributed by atoms with van der Waals surface area (Å²) < 4.78 is 9.34. The van der Waals surface area contributed by atoms with Crippen LogP contribution in [-0.2, 0) is 36.1 Å². The van der Waals surface area contributed by atoms with E-state index in [0.717, 1.165) is 45.3 Å². The molecule has 4 rings (SSSR count). The number of ether oxygens (including phenoxy) is 1. The van der Waals surface area contributed by atoms with Crippen LogP contribution in [-0.4, -0.2) is 37.5 Å². The molecule has 0 aliphatic heterocycles. The molecule has 0 spiro atoms. The van der Waals surface area contributed by atoms with Crippen molar-refractivity contribution in [2.75, 3.05) is 11.9 Å². The Bertz CT molecular complexity index is 1400. The largest absolute Gasteiger partial charge is 0.466 e. The maximum absolute atomic E-state index is 11.9. The number of amidine groups is 1. The van der Waals surface area contributed by atoms with E-state index in [0.29, 0.717) is 38.1 Å². The minimum Gasteiger partial charge on any atom is -0.466 e. The standard InChI is InChI=1S/C27H33N7O2/c1-5-36-26(35)13-12-24-31-17(2)18(3)34(24)16-19-6-11-23-22(14-19)32-25(33(23)4)15-30-21-9-7-20(8-10-21)27(28)29/h6-11,14,30H,5,12-13,15-16H2,1-4H3,(H3,28,29). The Morgan fingerprint density at radius 1 is 1.11 bits per heavy atom. The number of rotatable bonds is 10. The fourth-order valence-electron chi connectivity index (χ4n) is 4.25. The summed E-state index contributed by atoms with van der Waals surface area (Å²) in [5.41, 5.74) is 12.3. The van der Waals surface area contributed by atoms with Crippen LogP contribution in [0.1, 0.15) is 47.5 Å². The topological polar surface area (TPSA) is 124 Å². The number of hydrogen-bond acceptors (Lipinski definition) is 6. The van der Waals surface area contributed by atoms with E-state index >= 15 is 0 Å². The summed E-state index contributed by atoms with van der Waals surface area (Å²) in [6.45, 7) is 7.48. The van der Waals surface area contributed by atoms with E-state index in [2.05, 4.69) is 39.6 Å². The van der Waals surface area contributed by atoms with Crippen LogP contribution < -0.4 is 11.1 Å². The highest BCUT2D eigenvalue weighted by atomic mass is 16.5. The van der Waals surface area contributed by atoms with Crippen molar-refractivity contribution < 1.29 is 9.53 Å². The summed E-state index contributed by atoms with van der Waals surface area (Å²) in [5.74, 6) is 1.66. The van der Waals surface area contributed by atoms with Crippen LogP contribution in [0, 0.1) is 19.3 Å². The van der Waals surface area contributed by atoms with Crippen LogP contribution in [0.2, 0.25) is 0 Å². The molecule has 0 saturated carbocycles. The number of nitrogens with one attached hydrogen (secondary N) is 2. The summed E-state index contributed by atoms with van der Waals surface area (Å²) in [5, 5.41) is 10.9. The van der Waals surface area contributed by atoms with Gasteiger partial charge in [0.05, 0.1) is 36.3 Å². The second-order valence-corrected chi connectivity index (χ2v) is 8.84. The fraction of sp³-hybridized carbons (Fsp3) is 0.333. The SMILES string of the molecule is CCOC(=O)CCc1nc(C)c(C)n1Cc1ccc2c(c1)nc(CNc1ccc(C(=N)N)cc1)n2C. The highest BCUT2D eigenvalue weighted by Gasteiger charge is 2.15. The molecule has 9 nitrogen and oxygen atoms in total. The molecule has 4 N–H and O–H groups in total. The molecule has 0 aliphatic rings.